The van der Waals surface area contributed by atoms with Crippen molar-refractivity contribution in [2.45, 2.75) is 19.9 Å². The van der Waals surface area contributed by atoms with E-state index >= 15 is 0 Å². The molecule has 0 amide bonds. The number of halogens is 2. The molecule has 0 aromatic heterocycles. The Kier molecular flexibility index (Phi) is 4.43. The summed E-state index contributed by atoms with van der Waals surface area (Å²) in [5.41, 5.74) is 1.49. The topological polar surface area (TPSA) is 55.2 Å². The molecule has 0 saturated carbocycles. The quantitative estimate of drug-likeness (QED) is 0.647. The molecule has 0 aliphatic heterocycles. The molecule has 0 heterocycles. The van der Waals surface area contributed by atoms with E-state index in [0.29, 0.717) is 21.8 Å². The molecule has 0 radical (unpaired) electrons. The Bertz CT molecular complexity index is 691. The van der Waals surface area contributed by atoms with Gasteiger partial charge in [0.1, 0.15) is 11.5 Å². The van der Waals surface area contributed by atoms with Crippen LogP contribution in [0.4, 0.5) is 15.8 Å². The molecule has 0 aliphatic rings. The van der Waals surface area contributed by atoms with Crippen molar-refractivity contribution in [1.82, 2.24) is 0 Å². The second-order valence-corrected chi connectivity index (χ2v) is 5.23. The molecule has 1 atom stereocenters. The van der Waals surface area contributed by atoms with E-state index in [1.165, 1.54) is 24.3 Å². The smallest absolute Gasteiger partial charge is 0.292 e. The zero-order valence-corrected chi connectivity index (χ0v) is 12.3. The highest BCUT2D eigenvalue weighted by molar-refractivity contribution is 6.31. The van der Waals surface area contributed by atoms with E-state index in [-0.39, 0.29) is 17.5 Å². The summed E-state index contributed by atoms with van der Waals surface area (Å²) in [4.78, 5) is 10.5. The maximum absolute atomic E-state index is 13.6. The van der Waals surface area contributed by atoms with Crippen LogP contribution in [0.3, 0.4) is 0 Å². The van der Waals surface area contributed by atoms with E-state index < -0.39 is 4.92 Å². The summed E-state index contributed by atoms with van der Waals surface area (Å²) in [6.07, 6.45) is 0. The average molecular weight is 309 g/mol. The summed E-state index contributed by atoms with van der Waals surface area (Å²) in [7, 11) is 0. The minimum absolute atomic E-state index is 0.0705. The predicted molar refractivity (Wildman–Crippen MR) is 81.3 cm³/mol. The summed E-state index contributed by atoms with van der Waals surface area (Å²) in [5, 5.41) is 14.4. The Labute approximate surface area is 126 Å². The van der Waals surface area contributed by atoms with Crippen LogP contribution in [0.1, 0.15) is 24.1 Å². The number of nitro benzene ring substituents is 1. The van der Waals surface area contributed by atoms with Gasteiger partial charge in [-0.3, -0.25) is 10.1 Å². The molecule has 2 rings (SSSR count). The van der Waals surface area contributed by atoms with Gasteiger partial charge < -0.3 is 5.32 Å². The first kappa shape index (κ1) is 15.3. The number of nitrogens with zero attached hydrogens (tertiary/aromatic N) is 1. The monoisotopic (exact) mass is 308 g/mol. The van der Waals surface area contributed by atoms with Crippen LogP contribution < -0.4 is 5.32 Å². The highest BCUT2D eigenvalue weighted by atomic mass is 35.5. The Morgan fingerprint density at radius 3 is 2.62 bits per heavy atom. The third kappa shape index (κ3) is 3.49. The normalized spacial score (nSPS) is 12.0. The Balaban J connectivity index is 2.30. The van der Waals surface area contributed by atoms with Gasteiger partial charge in [-0.1, -0.05) is 23.7 Å². The molecule has 1 N–H and O–H groups in total. The fourth-order valence-corrected chi connectivity index (χ4v) is 2.15. The van der Waals surface area contributed by atoms with Crippen LogP contribution in [0.2, 0.25) is 5.02 Å². The van der Waals surface area contributed by atoms with Gasteiger partial charge in [0.2, 0.25) is 0 Å². The van der Waals surface area contributed by atoms with Gasteiger partial charge in [0, 0.05) is 17.1 Å². The highest BCUT2D eigenvalue weighted by Crippen LogP contribution is 2.31. The van der Waals surface area contributed by atoms with Crippen LogP contribution in [0.15, 0.2) is 36.4 Å². The summed E-state index contributed by atoms with van der Waals surface area (Å²) in [6.45, 7) is 3.48. The lowest BCUT2D eigenvalue weighted by atomic mass is 10.1. The van der Waals surface area contributed by atoms with E-state index in [9.17, 15) is 14.5 Å². The predicted octanol–water partition coefficient (Wildman–Crippen LogP) is 4.87. The number of rotatable bonds is 4. The summed E-state index contributed by atoms with van der Waals surface area (Å²) in [5.74, 6) is -0.304. The molecule has 6 heteroatoms. The van der Waals surface area contributed by atoms with Gasteiger partial charge in [-0.25, -0.2) is 4.39 Å². The molecule has 0 spiro atoms. The van der Waals surface area contributed by atoms with Crippen molar-refractivity contribution >= 4 is 23.0 Å². The minimum atomic E-state index is -0.485. The van der Waals surface area contributed by atoms with Gasteiger partial charge in [0.25, 0.3) is 5.69 Å². The summed E-state index contributed by atoms with van der Waals surface area (Å²) in [6, 6.07) is 8.87. The fraction of sp³-hybridized carbons (Fsp3) is 0.200. The third-order valence-corrected chi connectivity index (χ3v) is 3.46. The van der Waals surface area contributed by atoms with E-state index in [2.05, 4.69) is 5.32 Å². The second-order valence-electron chi connectivity index (χ2n) is 4.79. The molecule has 0 bridgehead atoms. The standard InChI is InChI=1S/C15H14ClFN2O2/c1-9-3-4-11(7-13(9)17)10(2)18-14-8-12(16)5-6-15(14)19(20)21/h3-8,10,18H,1-2H3. The number of hydrogen-bond acceptors (Lipinski definition) is 3. The Morgan fingerprint density at radius 2 is 2.00 bits per heavy atom. The molecule has 0 aliphatic carbocycles. The molecule has 1 unspecified atom stereocenters. The van der Waals surface area contributed by atoms with Crippen molar-refractivity contribution < 1.29 is 9.31 Å². The van der Waals surface area contributed by atoms with Gasteiger partial charge >= 0.3 is 0 Å². The number of hydrogen-bond donors (Lipinski definition) is 1. The lowest BCUT2D eigenvalue weighted by molar-refractivity contribution is -0.384. The van der Waals surface area contributed by atoms with Crippen LogP contribution in [-0.2, 0) is 0 Å². The third-order valence-electron chi connectivity index (χ3n) is 3.22. The molecule has 0 saturated heterocycles. The van der Waals surface area contributed by atoms with Crippen molar-refractivity contribution in [3.05, 3.63) is 68.5 Å². The van der Waals surface area contributed by atoms with E-state index in [1.54, 1.807) is 26.0 Å². The zero-order valence-electron chi connectivity index (χ0n) is 11.6. The molecule has 4 nitrogen and oxygen atoms in total. The first-order chi connectivity index (χ1) is 9.88. The highest BCUT2D eigenvalue weighted by Gasteiger charge is 2.17. The van der Waals surface area contributed by atoms with Crippen LogP contribution in [0, 0.1) is 22.9 Å². The van der Waals surface area contributed by atoms with E-state index in [4.69, 9.17) is 11.6 Å². The summed E-state index contributed by atoms with van der Waals surface area (Å²) >= 11 is 5.87. The van der Waals surface area contributed by atoms with Crippen LogP contribution in [0.25, 0.3) is 0 Å². The number of anilines is 1. The summed E-state index contributed by atoms with van der Waals surface area (Å²) < 4.78 is 13.6. The number of nitrogens with one attached hydrogen (secondary N) is 1. The molecule has 21 heavy (non-hydrogen) atoms. The molecule has 2 aromatic rings. The van der Waals surface area contributed by atoms with Gasteiger partial charge in [0.05, 0.1) is 4.92 Å². The van der Waals surface area contributed by atoms with E-state index in [0.717, 1.165) is 0 Å². The van der Waals surface area contributed by atoms with Crippen LogP contribution in [0.5, 0.6) is 0 Å². The molecule has 0 fully saturated rings. The molecular weight excluding hydrogens is 295 g/mol. The van der Waals surface area contributed by atoms with Gasteiger partial charge in [-0.15, -0.1) is 0 Å². The first-order valence-electron chi connectivity index (χ1n) is 6.35. The van der Waals surface area contributed by atoms with Crippen LogP contribution >= 0.6 is 11.6 Å². The lowest BCUT2D eigenvalue weighted by Gasteiger charge is -2.16. The van der Waals surface area contributed by atoms with Crippen molar-refractivity contribution in [1.29, 1.82) is 0 Å². The largest absolute Gasteiger partial charge is 0.373 e. The molecule has 110 valence electrons. The number of aryl methyl sites for hydroxylation is 1. The maximum atomic E-state index is 13.6. The van der Waals surface area contributed by atoms with Crippen LogP contribution in [-0.4, -0.2) is 4.92 Å². The zero-order chi connectivity index (χ0) is 15.6. The van der Waals surface area contributed by atoms with Gasteiger partial charge in [0.15, 0.2) is 0 Å². The van der Waals surface area contributed by atoms with Gasteiger partial charge in [-0.2, -0.15) is 0 Å². The molecular formula is C15H14ClFN2O2. The average Bonchev–Trinajstić information content (AvgIpc) is 2.41. The minimum Gasteiger partial charge on any atom is -0.373 e. The SMILES string of the molecule is Cc1ccc(C(C)Nc2cc(Cl)ccc2[N+](=O)[O-])cc1F. The number of benzene rings is 2. The fourth-order valence-electron chi connectivity index (χ4n) is 1.98. The second kappa shape index (κ2) is 6.10. The number of nitro groups is 1. The first-order valence-corrected chi connectivity index (χ1v) is 6.73. The van der Waals surface area contributed by atoms with Crippen molar-refractivity contribution in [2.75, 3.05) is 5.32 Å². The van der Waals surface area contributed by atoms with Gasteiger partial charge in [-0.05, 0) is 43.2 Å². The maximum Gasteiger partial charge on any atom is 0.292 e. The lowest BCUT2D eigenvalue weighted by Crippen LogP contribution is -2.09. The van der Waals surface area contributed by atoms with Crippen molar-refractivity contribution in [2.24, 2.45) is 0 Å². The molecule has 2 aromatic carbocycles. The Morgan fingerprint density at radius 1 is 1.29 bits per heavy atom. The van der Waals surface area contributed by atoms with Crippen molar-refractivity contribution in [3.63, 3.8) is 0 Å². The van der Waals surface area contributed by atoms with E-state index in [1.807, 2.05) is 0 Å². The van der Waals surface area contributed by atoms with Crippen molar-refractivity contribution in [3.8, 4) is 0 Å². The Hall–Kier alpha value is -2.14.